The smallest absolute Gasteiger partial charge is 0.183 e. The minimum atomic E-state index is 0.441. The minimum absolute atomic E-state index is 0.441. The Morgan fingerprint density at radius 3 is 2.87 bits per heavy atom. The quantitative estimate of drug-likeness (QED) is 0.853. The van der Waals surface area contributed by atoms with Crippen molar-refractivity contribution in [3.8, 4) is 0 Å². The van der Waals surface area contributed by atoms with Gasteiger partial charge in [-0.3, -0.25) is 0 Å². The minimum Gasteiger partial charge on any atom is -0.359 e. The number of fused-ring (bicyclic) bond motifs is 1. The van der Waals surface area contributed by atoms with Crippen LogP contribution in [0, 0.1) is 0 Å². The zero-order chi connectivity index (χ0) is 10.8. The maximum absolute atomic E-state index is 4.54. The van der Waals surface area contributed by atoms with Crippen LogP contribution in [0.2, 0.25) is 0 Å². The first-order valence-corrected chi connectivity index (χ1v) is 6.16. The summed E-state index contributed by atoms with van der Waals surface area (Å²) in [6.45, 7) is 6.43. The first kappa shape index (κ1) is 10.4. The second kappa shape index (κ2) is 4.19. The van der Waals surface area contributed by atoms with Crippen molar-refractivity contribution >= 4 is 26.7 Å². The maximum atomic E-state index is 4.54. The lowest BCUT2D eigenvalue weighted by Gasteiger charge is -2.03. The number of thiazole rings is 1. The lowest BCUT2D eigenvalue weighted by molar-refractivity contribution is 0.897. The van der Waals surface area contributed by atoms with Gasteiger partial charge in [0.1, 0.15) is 0 Å². The van der Waals surface area contributed by atoms with E-state index in [0.717, 1.165) is 17.1 Å². The van der Waals surface area contributed by atoms with E-state index in [1.165, 1.54) is 10.3 Å². The molecule has 1 heterocycles. The van der Waals surface area contributed by atoms with Crippen LogP contribution in [0.4, 0.5) is 5.13 Å². The molecule has 0 bridgehead atoms. The van der Waals surface area contributed by atoms with E-state index < -0.39 is 0 Å². The van der Waals surface area contributed by atoms with E-state index in [4.69, 9.17) is 0 Å². The number of benzene rings is 1. The van der Waals surface area contributed by atoms with Gasteiger partial charge in [-0.1, -0.05) is 24.3 Å². The molecule has 0 unspecified atom stereocenters. The van der Waals surface area contributed by atoms with Gasteiger partial charge in [-0.05, 0) is 38.0 Å². The summed E-state index contributed by atoms with van der Waals surface area (Å²) < 4.78 is 1.28. The molecule has 1 aromatic heterocycles. The van der Waals surface area contributed by atoms with Crippen molar-refractivity contribution in [3.05, 3.63) is 23.8 Å². The van der Waals surface area contributed by atoms with Gasteiger partial charge in [0.25, 0.3) is 0 Å². The van der Waals surface area contributed by atoms with Gasteiger partial charge in [0.15, 0.2) is 5.13 Å². The van der Waals surface area contributed by atoms with E-state index >= 15 is 0 Å². The largest absolute Gasteiger partial charge is 0.359 e. The maximum Gasteiger partial charge on any atom is 0.183 e. The third kappa shape index (κ3) is 2.29. The predicted octanol–water partition coefficient (Wildman–Crippen LogP) is 3.68. The average Bonchev–Trinajstić information content (AvgIpc) is 2.57. The molecule has 2 rings (SSSR count). The second-order valence-corrected chi connectivity index (χ2v) is 5.00. The van der Waals surface area contributed by atoms with Crippen LogP contribution in [0.5, 0.6) is 0 Å². The van der Waals surface area contributed by atoms with E-state index in [0.29, 0.717) is 6.04 Å². The van der Waals surface area contributed by atoms with Crippen molar-refractivity contribution in [1.82, 2.24) is 4.98 Å². The van der Waals surface area contributed by atoms with E-state index in [-0.39, 0.29) is 0 Å². The third-order valence-electron chi connectivity index (χ3n) is 2.27. The molecule has 3 heteroatoms. The van der Waals surface area contributed by atoms with Crippen LogP contribution in [0.25, 0.3) is 10.2 Å². The Hall–Kier alpha value is -1.09. The Morgan fingerprint density at radius 1 is 1.40 bits per heavy atom. The van der Waals surface area contributed by atoms with Gasteiger partial charge in [0.05, 0.1) is 10.2 Å². The van der Waals surface area contributed by atoms with Crippen molar-refractivity contribution in [3.63, 3.8) is 0 Å². The van der Waals surface area contributed by atoms with Gasteiger partial charge in [-0.25, -0.2) is 4.98 Å². The molecule has 0 fully saturated rings. The van der Waals surface area contributed by atoms with Crippen molar-refractivity contribution in [2.75, 3.05) is 5.32 Å². The van der Waals surface area contributed by atoms with Crippen LogP contribution < -0.4 is 5.32 Å². The van der Waals surface area contributed by atoms with E-state index in [1.54, 1.807) is 11.3 Å². The number of rotatable bonds is 3. The monoisotopic (exact) mass is 220 g/mol. The number of aryl methyl sites for hydroxylation is 1. The van der Waals surface area contributed by atoms with Crippen molar-refractivity contribution in [2.24, 2.45) is 0 Å². The fourth-order valence-corrected chi connectivity index (χ4v) is 2.57. The summed E-state index contributed by atoms with van der Waals surface area (Å²) in [6, 6.07) is 6.94. The predicted molar refractivity (Wildman–Crippen MR) is 67.8 cm³/mol. The van der Waals surface area contributed by atoms with Gasteiger partial charge in [-0.15, -0.1) is 0 Å². The normalized spacial score (nSPS) is 11.2. The first-order valence-electron chi connectivity index (χ1n) is 5.35. The third-order valence-corrected chi connectivity index (χ3v) is 3.22. The van der Waals surface area contributed by atoms with Crippen LogP contribution >= 0.6 is 11.3 Å². The Balaban J connectivity index is 2.37. The van der Waals surface area contributed by atoms with E-state index in [2.05, 4.69) is 49.3 Å². The molecule has 0 spiro atoms. The lowest BCUT2D eigenvalue weighted by atomic mass is 10.2. The molecule has 0 saturated carbocycles. The SMILES string of the molecule is CCc1ccc2nc(NC(C)C)sc2c1. The molecule has 0 saturated heterocycles. The fourth-order valence-electron chi connectivity index (χ4n) is 1.50. The molecular weight excluding hydrogens is 204 g/mol. The number of nitrogens with one attached hydrogen (secondary N) is 1. The van der Waals surface area contributed by atoms with Crippen molar-refractivity contribution in [2.45, 2.75) is 33.2 Å². The highest BCUT2D eigenvalue weighted by atomic mass is 32.1. The molecule has 0 amide bonds. The van der Waals surface area contributed by atoms with Crippen LogP contribution in [0.3, 0.4) is 0 Å². The highest BCUT2D eigenvalue weighted by Gasteiger charge is 2.04. The molecule has 0 atom stereocenters. The molecule has 0 radical (unpaired) electrons. The van der Waals surface area contributed by atoms with Gasteiger partial charge in [0, 0.05) is 6.04 Å². The number of anilines is 1. The van der Waals surface area contributed by atoms with Crippen LogP contribution in [0.15, 0.2) is 18.2 Å². The summed E-state index contributed by atoms with van der Waals surface area (Å²) in [4.78, 5) is 4.54. The molecular formula is C12H16N2S. The number of hydrogen-bond acceptors (Lipinski definition) is 3. The van der Waals surface area contributed by atoms with Crippen molar-refractivity contribution in [1.29, 1.82) is 0 Å². The topological polar surface area (TPSA) is 24.9 Å². The Bertz CT molecular complexity index is 460. The van der Waals surface area contributed by atoms with Gasteiger partial charge >= 0.3 is 0 Å². The van der Waals surface area contributed by atoms with Gasteiger partial charge in [0.2, 0.25) is 0 Å². The zero-order valence-corrected chi connectivity index (χ0v) is 10.2. The molecule has 0 aliphatic rings. The molecule has 1 aromatic carbocycles. The highest BCUT2D eigenvalue weighted by Crippen LogP contribution is 2.27. The summed E-state index contributed by atoms with van der Waals surface area (Å²) in [5, 5.41) is 4.36. The summed E-state index contributed by atoms with van der Waals surface area (Å²) in [6.07, 6.45) is 1.08. The standard InChI is InChI=1S/C12H16N2S/c1-4-9-5-6-10-11(7-9)15-12(14-10)13-8(2)3/h5-8H,4H2,1-3H3,(H,13,14). The van der Waals surface area contributed by atoms with E-state index in [1.807, 2.05) is 0 Å². The molecule has 1 N–H and O–H groups in total. The van der Waals surface area contributed by atoms with Crippen molar-refractivity contribution < 1.29 is 0 Å². The summed E-state index contributed by atoms with van der Waals surface area (Å²) in [7, 11) is 0. The number of hydrogen-bond donors (Lipinski definition) is 1. The van der Waals surface area contributed by atoms with Crippen LogP contribution in [-0.4, -0.2) is 11.0 Å². The molecule has 2 nitrogen and oxygen atoms in total. The van der Waals surface area contributed by atoms with E-state index in [9.17, 15) is 0 Å². The summed E-state index contributed by atoms with van der Waals surface area (Å²) >= 11 is 1.73. The number of nitrogens with zero attached hydrogens (tertiary/aromatic N) is 1. The Kier molecular flexibility index (Phi) is 2.91. The summed E-state index contributed by atoms with van der Waals surface area (Å²) in [5.74, 6) is 0. The Labute approximate surface area is 94.3 Å². The zero-order valence-electron chi connectivity index (χ0n) is 9.37. The Morgan fingerprint density at radius 2 is 2.20 bits per heavy atom. The number of aromatic nitrogens is 1. The fraction of sp³-hybridized carbons (Fsp3) is 0.417. The van der Waals surface area contributed by atoms with Crippen LogP contribution in [0.1, 0.15) is 26.3 Å². The highest BCUT2D eigenvalue weighted by molar-refractivity contribution is 7.22. The lowest BCUT2D eigenvalue weighted by Crippen LogP contribution is -2.08. The van der Waals surface area contributed by atoms with Crippen LogP contribution in [-0.2, 0) is 6.42 Å². The van der Waals surface area contributed by atoms with Gasteiger partial charge < -0.3 is 5.32 Å². The molecule has 0 aliphatic carbocycles. The summed E-state index contributed by atoms with van der Waals surface area (Å²) in [5.41, 5.74) is 2.47. The molecule has 15 heavy (non-hydrogen) atoms. The van der Waals surface area contributed by atoms with Gasteiger partial charge in [-0.2, -0.15) is 0 Å². The molecule has 2 aromatic rings. The second-order valence-electron chi connectivity index (χ2n) is 3.97. The average molecular weight is 220 g/mol. The molecule has 80 valence electrons. The first-order chi connectivity index (χ1) is 7.19. The molecule has 0 aliphatic heterocycles.